The van der Waals surface area contributed by atoms with E-state index < -0.39 is 10.0 Å². The van der Waals surface area contributed by atoms with Gasteiger partial charge in [0.1, 0.15) is 5.75 Å². The van der Waals surface area contributed by atoms with E-state index in [0.29, 0.717) is 17.9 Å². The third kappa shape index (κ3) is 4.08. The molecule has 0 unspecified atom stereocenters. The first-order chi connectivity index (χ1) is 10.4. The normalized spacial score (nSPS) is 11.4. The minimum atomic E-state index is -3.48. The highest BCUT2D eigenvalue weighted by molar-refractivity contribution is 7.89. The summed E-state index contributed by atoms with van der Waals surface area (Å²) in [6, 6.07) is 13.1. The number of ether oxygens (including phenoxy) is 1. The predicted octanol–water partition coefficient (Wildman–Crippen LogP) is 2.83. The molecule has 0 aliphatic heterocycles. The second kappa shape index (κ2) is 6.94. The molecule has 22 heavy (non-hydrogen) atoms. The van der Waals surface area contributed by atoms with E-state index in [1.165, 1.54) is 0 Å². The lowest BCUT2D eigenvalue weighted by Gasteiger charge is -2.10. The number of benzene rings is 2. The van der Waals surface area contributed by atoms with Crippen LogP contribution in [0, 0.1) is 13.8 Å². The van der Waals surface area contributed by atoms with E-state index in [1.807, 2.05) is 43.3 Å². The van der Waals surface area contributed by atoms with E-state index in [-0.39, 0.29) is 0 Å². The van der Waals surface area contributed by atoms with Crippen molar-refractivity contribution in [2.45, 2.75) is 25.2 Å². The maximum atomic E-state index is 12.4. The van der Waals surface area contributed by atoms with Crippen LogP contribution in [-0.2, 0) is 16.4 Å². The van der Waals surface area contributed by atoms with Gasteiger partial charge in [-0.2, -0.15) is 0 Å². The highest BCUT2D eigenvalue weighted by Gasteiger charge is 2.16. The fourth-order valence-corrected chi connectivity index (χ4v) is 3.59. The summed E-state index contributed by atoms with van der Waals surface area (Å²) in [6.07, 6.45) is 0.612. The summed E-state index contributed by atoms with van der Waals surface area (Å²) in [5.41, 5.74) is 2.71. The molecule has 0 aliphatic carbocycles. The zero-order valence-corrected chi connectivity index (χ0v) is 13.9. The van der Waals surface area contributed by atoms with Crippen LogP contribution in [0.4, 0.5) is 0 Å². The Balaban J connectivity index is 2.05. The number of rotatable bonds is 6. The van der Waals surface area contributed by atoms with Gasteiger partial charge in [0.2, 0.25) is 10.0 Å². The Kier molecular flexibility index (Phi) is 5.21. The van der Waals surface area contributed by atoms with Crippen LogP contribution in [0.25, 0.3) is 0 Å². The zero-order chi connectivity index (χ0) is 16.2. The number of hydrogen-bond acceptors (Lipinski definition) is 3. The smallest absolute Gasteiger partial charge is 0.240 e. The molecule has 0 fully saturated rings. The van der Waals surface area contributed by atoms with Gasteiger partial charge in [0.25, 0.3) is 0 Å². The van der Waals surface area contributed by atoms with Crippen LogP contribution >= 0.6 is 0 Å². The highest BCUT2D eigenvalue weighted by atomic mass is 32.2. The van der Waals surface area contributed by atoms with Crippen molar-refractivity contribution in [1.29, 1.82) is 0 Å². The van der Waals surface area contributed by atoms with Gasteiger partial charge in [0, 0.05) is 6.54 Å². The summed E-state index contributed by atoms with van der Waals surface area (Å²) in [4.78, 5) is 0.346. The van der Waals surface area contributed by atoms with E-state index in [9.17, 15) is 8.42 Å². The Hall–Kier alpha value is -1.85. The third-order valence-electron chi connectivity index (χ3n) is 3.47. The summed E-state index contributed by atoms with van der Waals surface area (Å²) < 4.78 is 32.6. The molecule has 0 aliphatic rings. The Morgan fingerprint density at radius 2 is 1.86 bits per heavy atom. The minimum Gasteiger partial charge on any atom is -0.497 e. The second-order valence-electron chi connectivity index (χ2n) is 5.27. The molecule has 0 radical (unpaired) electrons. The highest BCUT2D eigenvalue weighted by Crippen LogP contribution is 2.17. The van der Waals surface area contributed by atoms with E-state index in [0.717, 1.165) is 22.4 Å². The maximum Gasteiger partial charge on any atom is 0.240 e. The lowest BCUT2D eigenvalue weighted by Crippen LogP contribution is -2.26. The first-order valence-corrected chi connectivity index (χ1v) is 8.60. The molecule has 0 aromatic heterocycles. The lowest BCUT2D eigenvalue weighted by atomic mass is 10.1. The quantitative estimate of drug-likeness (QED) is 0.891. The van der Waals surface area contributed by atoms with Gasteiger partial charge in [-0.25, -0.2) is 13.1 Å². The molecule has 2 rings (SSSR count). The maximum absolute atomic E-state index is 12.4. The molecule has 4 nitrogen and oxygen atoms in total. The molecule has 0 heterocycles. The SMILES string of the molecule is COc1cccc(CCNS(=O)(=O)c2cc(C)ccc2C)c1. The average Bonchev–Trinajstić information content (AvgIpc) is 2.49. The van der Waals surface area contributed by atoms with Crippen molar-refractivity contribution in [3.05, 3.63) is 59.2 Å². The monoisotopic (exact) mass is 319 g/mol. The molecule has 0 saturated heterocycles. The fourth-order valence-electron chi connectivity index (χ4n) is 2.23. The van der Waals surface area contributed by atoms with Crippen molar-refractivity contribution in [3.8, 4) is 5.75 Å². The van der Waals surface area contributed by atoms with Crippen molar-refractivity contribution in [1.82, 2.24) is 4.72 Å². The zero-order valence-electron chi connectivity index (χ0n) is 13.1. The summed E-state index contributed by atoms with van der Waals surface area (Å²) in [7, 11) is -1.87. The molecular weight excluding hydrogens is 298 g/mol. The van der Waals surface area contributed by atoms with Gasteiger partial charge in [-0.05, 0) is 55.2 Å². The van der Waals surface area contributed by atoms with E-state index in [1.54, 1.807) is 20.1 Å². The van der Waals surface area contributed by atoms with Crippen LogP contribution in [0.5, 0.6) is 5.75 Å². The largest absolute Gasteiger partial charge is 0.497 e. The van der Waals surface area contributed by atoms with Crippen LogP contribution in [-0.4, -0.2) is 22.1 Å². The molecule has 0 atom stereocenters. The van der Waals surface area contributed by atoms with Crippen molar-refractivity contribution >= 4 is 10.0 Å². The molecule has 0 amide bonds. The van der Waals surface area contributed by atoms with Crippen LogP contribution in [0.3, 0.4) is 0 Å². The first-order valence-electron chi connectivity index (χ1n) is 7.12. The van der Waals surface area contributed by atoms with Crippen molar-refractivity contribution in [3.63, 3.8) is 0 Å². The summed E-state index contributed by atoms with van der Waals surface area (Å²) in [5.74, 6) is 0.773. The Labute approximate surface area is 132 Å². The molecule has 118 valence electrons. The molecule has 2 aromatic rings. The van der Waals surface area contributed by atoms with Gasteiger partial charge >= 0.3 is 0 Å². The van der Waals surface area contributed by atoms with Crippen LogP contribution in [0.2, 0.25) is 0 Å². The average molecular weight is 319 g/mol. The summed E-state index contributed by atoms with van der Waals surface area (Å²) >= 11 is 0. The van der Waals surface area contributed by atoms with Gasteiger partial charge in [0.15, 0.2) is 0 Å². The van der Waals surface area contributed by atoms with Crippen LogP contribution in [0.1, 0.15) is 16.7 Å². The van der Waals surface area contributed by atoms with Gasteiger partial charge in [-0.1, -0.05) is 24.3 Å². The number of methoxy groups -OCH3 is 1. The van der Waals surface area contributed by atoms with Gasteiger partial charge in [-0.15, -0.1) is 0 Å². The molecule has 0 spiro atoms. The molecule has 2 aromatic carbocycles. The lowest BCUT2D eigenvalue weighted by molar-refractivity contribution is 0.414. The topological polar surface area (TPSA) is 55.4 Å². The standard InChI is InChI=1S/C17H21NO3S/c1-13-7-8-14(2)17(11-13)22(19,20)18-10-9-15-5-4-6-16(12-15)21-3/h4-8,11-12,18H,9-10H2,1-3H3. The molecule has 0 saturated carbocycles. The Morgan fingerprint density at radius 3 is 2.59 bits per heavy atom. The third-order valence-corrected chi connectivity index (χ3v) is 5.08. The second-order valence-corrected chi connectivity index (χ2v) is 7.00. The number of hydrogen-bond donors (Lipinski definition) is 1. The molecule has 5 heteroatoms. The number of nitrogens with one attached hydrogen (secondary N) is 1. The number of aryl methyl sites for hydroxylation is 2. The molecule has 1 N–H and O–H groups in total. The Morgan fingerprint density at radius 1 is 1.09 bits per heavy atom. The van der Waals surface area contributed by atoms with E-state index in [4.69, 9.17) is 4.74 Å². The van der Waals surface area contributed by atoms with Gasteiger partial charge in [-0.3, -0.25) is 0 Å². The number of sulfonamides is 1. The minimum absolute atomic E-state index is 0.346. The first kappa shape index (κ1) is 16.5. The Bertz CT molecular complexity index is 754. The van der Waals surface area contributed by atoms with Crippen LogP contribution in [0.15, 0.2) is 47.4 Å². The van der Waals surface area contributed by atoms with Crippen LogP contribution < -0.4 is 9.46 Å². The van der Waals surface area contributed by atoms with Gasteiger partial charge < -0.3 is 4.74 Å². The summed E-state index contributed by atoms with van der Waals surface area (Å²) in [6.45, 7) is 4.04. The molecular formula is C17H21NO3S. The molecule has 0 bridgehead atoms. The fraction of sp³-hybridized carbons (Fsp3) is 0.294. The van der Waals surface area contributed by atoms with Crippen molar-refractivity contribution < 1.29 is 13.2 Å². The summed E-state index contributed by atoms with van der Waals surface area (Å²) in [5, 5.41) is 0. The van der Waals surface area contributed by atoms with Crippen molar-refractivity contribution in [2.75, 3.05) is 13.7 Å². The van der Waals surface area contributed by atoms with E-state index in [2.05, 4.69) is 4.72 Å². The van der Waals surface area contributed by atoms with Gasteiger partial charge in [0.05, 0.1) is 12.0 Å². The predicted molar refractivity (Wildman–Crippen MR) is 87.8 cm³/mol. The van der Waals surface area contributed by atoms with Crippen molar-refractivity contribution in [2.24, 2.45) is 0 Å². The van der Waals surface area contributed by atoms with E-state index >= 15 is 0 Å².